The predicted octanol–water partition coefficient (Wildman–Crippen LogP) is 3.44. The number of benzene rings is 1. The Kier molecular flexibility index (Phi) is 7.98. The number of para-hydroxylation sites is 2. The van der Waals surface area contributed by atoms with Crippen molar-refractivity contribution in [3.63, 3.8) is 0 Å². The number of morpholine rings is 1. The van der Waals surface area contributed by atoms with Crippen LogP contribution in [0.3, 0.4) is 0 Å². The maximum Gasteiger partial charge on any atom is 0.296 e. The van der Waals surface area contributed by atoms with Crippen molar-refractivity contribution in [2.75, 3.05) is 44.8 Å². The van der Waals surface area contributed by atoms with Crippen molar-refractivity contribution in [2.45, 2.75) is 62.9 Å². The molecule has 2 atom stereocenters. The van der Waals surface area contributed by atoms with Crippen LogP contribution in [0.4, 0.5) is 19.1 Å². The molecule has 41 heavy (non-hydrogen) atoms. The summed E-state index contributed by atoms with van der Waals surface area (Å²) in [6, 6.07) is 8.09. The van der Waals surface area contributed by atoms with Crippen molar-refractivity contribution >= 4 is 22.9 Å². The van der Waals surface area contributed by atoms with Gasteiger partial charge in [0.25, 0.3) is 6.43 Å². The number of carbonyl (C=O) groups is 1. The Labute approximate surface area is 235 Å². The number of hydrogen-bond donors (Lipinski definition) is 1. The molecule has 2 aliphatic heterocycles. The third kappa shape index (κ3) is 5.96. The molecule has 10 nitrogen and oxygen atoms in total. The van der Waals surface area contributed by atoms with Gasteiger partial charge in [-0.1, -0.05) is 12.1 Å². The second-order valence-corrected chi connectivity index (χ2v) is 10.9. The predicted molar refractivity (Wildman–Crippen MR) is 145 cm³/mol. The van der Waals surface area contributed by atoms with Crippen molar-refractivity contribution in [1.82, 2.24) is 29.7 Å². The van der Waals surface area contributed by atoms with Gasteiger partial charge < -0.3 is 19.7 Å². The maximum atomic E-state index is 14.1. The summed E-state index contributed by atoms with van der Waals surface area (Å²) in [7, 11) is 1.77. The zero-order chi connectivity index (χ0) is 28.5. The molecule has 2 aromatic heterocycles. The number of amides is 1. The number of carbonyl (C=O) groups excluding carboxylic acids is 1. The van der Waals surface area contributed by atoms with Crippen LogP contribution in [-0.4, -0.2) is 94.6 Å². The quantitative estimate of drug-likeness (QED) is 0.459. The van der Waals surface area contributed by atoms with Gasteiger partial charge in [-0.05, 0) is 44.9 Å². The first-order valence-corrected chi connectivity index (χ1v) is 14.1. The average Bonchev–Trinajstić information content (AvgIpc) is 3.54. The SMILES string of the molecule is CN1C[C@H](F)C[C@H]1C(=O)N[C@H]1CC[C@H](Oc2cc(-n3c(C(F)F)nc4ccccc43)nc(N3CCOCC3)n2)CC1. The van der Waals surface area contributed by atoms with E-state index in [1.54, 1.807) is 42.3 Å². The molecule has 4 heterocycles. The third-order valence-electron chi connectivity index (χ3n) is 8.09. The monoisotopic (exact) mass is 573 g/mol. The Morgan fingerprint density at radius 1 is 1.10 bits per heavy atom. The second-order valence-electron chi connectivity index (χ2n) is 10.9. The van der Waals surface area contributed by atoms with Crippen molar-refractivity contribution in [1.29, 1.82) is 0 Å². The topological polar surface area (TPSA) is 97.6 Å². The van der Waals surface area contributed by atoms with E-state index in [0.29, 0.717) is 74.8 Å². The molecule has 1 aliphatic carbocycles. The smallest absolute Gasteiger partial charge is 0.296 e. The minimum Gasteiger partial charge on any atom is -0.474 e. The minimum absolute atomic E-state index is 0.00908. The van der Waals surface area contributed by atoms with Gasteiger partial charge >= 0.3 is 0 Å². The van der Waals surface area contributed by atoms with Crippen LogP contribution >= 0.6 is 0 Å². The Balaban J connectivity index is 1.21. The lowest BCUT2D eigenvalue weighted by molar-refractivity contribution is -0.126. The van der Waals surface area contributed by atoms with Gasteiger partial charge in [0.15, 0.2) is 5.82 Å². The first kappa shape index (κ1) is 27.7. The minimum atomic E-state index is -2.81. The molecule has 0 bridgehead atoms. The number of halogens is 3. The summed E-state index contributed by atoms with van der Waals surface area (Å²) in [5.74, 6) is 0.408. The molecule has 13 heteroatoms. The third-order valence-corrected chi connectivity index (χ3v) is 8.09. The number of nitrogens with one attached hydrogen (secondary N) is 1. The fourth-order valence-electron chi connectivity index (χ4n) is 5.95. The van der Waals surface area contributed by atoms with Crippen molar-refractivity contribution in [3.05, 3.63) is 36.2 Å². The van der Waals surface area contributed by atoms with Crippen LogP contribution in [0.15, 0.2) is 30.3 Å². The number of anilines is 1. The second kappa shape index (κ2) is 11.8. The molecule has 6 rings (SSSR count). The largest absolute Gasteiger partial charge is 0.474 e. The first-order chi connectivity index (χ1) is 19.9. The molecule has 1 saturated carbocycles. The van der Waals surface area contributed by atoms with E-state index in [2.05, 4.69) is 20.3 Å². The van der Waals surface area contributed by atoms with Crippen molar-refractivity contribution in [2.24, 2.45) is 0 Å². The van der Waals surface area contributed by atoms with E-state index >= 15 is 0 Å². The highest BCUT2D eigenvalue weighted by molar-refractivity contribution is 5.82. The number of aromatic nitrogens is 4. The van der Waals surface area contributed by atoms with Crippen LogP contribution in [0, 0.1) is 0 Å². The summed E-state index contributed by atoms with van der Waals surface area (Å²) in [6.45, 7) is 2.44. The Bertz CT molecular complexity index is 1380. The lowest BCUT2D eigenvalue weighted by Gasteiger charge is -2.31. The van der Waals surface area contributed by atoms with E-state index in [1.165, 1.54) is 4.57 Å². The summed E-state index contributed by atoms with van der Waals surface area (Å²) in [4.78, 5) is 29.9. The lowest BCUT2D eigenvalue weighted by atomic mass is 9.92. The van der Waals surface area contributed by atoms with Gasteiger partial charge in [0.1, 0.15) is 18.1 Å². The number of fused-ring (bicyclic) bond motifs is 1. The number of hydrogen-bond acceptors (Lipinski definition) is 8. The summed E-state index contributed by atoms with van der Waals surface area (Å²) in [6.07, 6.45) is -0.942. The van der Waals surface area contributed by atoms with E-state index in [-0.39, 0.29) is 36.8 Å². The van der Waals surface area contributed by atoms with Crippen LogP contribution in [0.5, 0.6) is 5.88 Å². The number of likely N-dealkylation sites (N-methyl/N-ethyl adjacent to an activating group) is 1. The summed E-state index contributed by atoms with van der Waals surface area (Å²) in [5.41, 5.74) is 0.964. The molecule has 1 N–H and O–H groups in total. The standard InChI is InChI=1S/C28H34F3N7O3/c1-36-16-17(29)14-22(36)27(39)32-18-6-8-19(9-7-18)41-24-15-23(34-28(35-24)37-10-12-40-13-11-37)38-21-5-3-2-4-20(21)33-26(38)25(30)31/h2-5,15,17-19,22,25H,6-14,16H2,1H3,(H,32,39)/t17-,18-,19-,22+/m1/s1. The van der Waals surface area contributed by atoms with Gasteiger partial charge in [-0.15, -0.1) is 0 Å². The molecule has 2 saturated heterocycles. The van der Waals surface area contributed by atoms with E-state index in [9.17, 15) is 18.0 Å². The normalized spacial score (nSPS) is 25.6. The summed E-state index contributed by atoms with van der Waals surface area (Å²) in [5, 5.41) is 3.08. The van der Waals surface area contributed by atoms with E-state index in [0.717, 1.165) is 0 Å². The fourth-order valence-corrected chi connectivity index (χ4v) is 5.95. The zero-order valence-corrected chi connectivity index (χ0v) is 22.9. The first-order valence-electron chi connectivity index (χ1n) is 14.1. The highest BCUT2D eigenvalue weighted by atomic mass is 19.3. The molecule has 3 fully saturated rings. The van der Waals surface area contributed by atoms with Gasteiger partial charge in [0.2, 0.25) is 17.7 Å². The van der Waals surface area contributed by atoms with Crippen molar-refractivity contribution < 1.29 is 27.4 Å². The van der Waals surface area contributed by atoms with Crippen LogP contribution in [0.2, 0.25) is 0 Å². The zero-order valence-electron chi connectivity index (χ0n) is 22.9. The highest BCUT2D eigenvalue weighted by Gasteiger charge is 2.36. The summed E-state index contributed by atoms with van der Waals surface area (Å²) >= 11 is 0. The average molecular weight is 574 g/mol. The molecule has 3 aromatic rings. The molecule has 1 aromatic carbocycles. The highest BCUT2D eigenvalue weighted by Crippen LogP contribution is 2.31. The molecule has 220 valence electrons. The molecule has 0 radical (unpaired) electrons. The Morgan fingerprint density at radius 3 is 2.56 bits per heavy atom. The van der Waals surface area contributed by atoms with Crippen LogP contribution in [0.1, 0.15) is 44.4 Å². The Morgan fingerprint density at radius 2 is 1.85 bits per heavy atom. The van der Waals surface area contributed by atoms with Crippen molar-refractivity contribution in [3.8, 4) is 11.7 Å². The number of likely N-dealkylation sites (tertiary alicyclic amines) is 1. The molecule has 3 aliphatic rings. The van der Waals surface area contributed by atoms with E-state index < -0.39 is 24.5 Å². The number of nitrogens with zero attached hydrogens (tertiary/aromatic N) is 6. The van der Waals surface area contributed by atoms with Gasteiger partial charge in [-0.2, -0.15) is 9.97 Å². The van der Waals surface area contributed by atoms with Gasteiger partial charge in [-0.3, -0.25) is 14.3 Å². The molecular formula is C28H34F3N7O3. The number of ether oxygens (including phenoxy) is 2. The van der Waals surface area contributed by atoms with Gasteiger partial charge in [0.05, 0.1) is 30.3 Å². The molecule has 1 amide bonds. The number of alkyl halides is 3. The van der Waals surface area contributed by atoms with E-state index in [4.69, 9.17) is 9.47 Å². The fraction of sp³-hybridized carbons (Fsp3) is 0.571. The molecular weight excluding hydrogens is 539 g/mol. The van der Waals surface area contributed by atoms with Crippen LogP contribution in [-0.2, 0) is 9.53 Å². The van der Waals surface area contributed by atoms with Gasteiger partial charge in [-0.25, -0.2) is 18.2 Å². The van der Waals surface area contributed by atoms with Gasteiger partial charge in [0, 0.05) is 38.2 Å². The summed E-state index contributed by atoms with van der Waals surface area (Å²) < 4.78 is 55.1. The number of rotatable bonds is 7. The van der Waals surface area contributed by atoms with E-state index in [1.807, 2.05) is 4.90 Å². The van der Waals surface area contributed by atoms with Crippen LogP contribution < -0.4 is 15.0 Å². The molecule has 0 spiro atoms. The van der Waals surface area contributed by atoms with Crippen LogP contribution in [0.25, 0.3) is 16.9 Å². The molecule has 0 unspecified atom stereocenters. The Hall–Kier alpha value is -3.45. The lowest BCUT2D eigenvalue weighted by Crippen LogP contribution is -2.47. The number of imidazole rings is 1. The maximum absolute atomic E-state index is 14.1.